The van der Waals surface area contributed by atoms with E-state index >= 15 is 0 Å². The summed E-state index contributed by atoms with van der Waals surface area (Å²) < 4.78 is 8.31. The summed E-state index contributed by atoms with van der Waals surface area (Å²) in [6, 6.07) is 0. The van der Waals surface area contributed by atoms with Gasteiger partial charge in [-0.2, -0.15) is 0 Å². The topological polar surface area (TPSA) is 9.23 Å². The molecular formula is C73H26OSi. The minimum Gasteiger partial charge on any atom is -0.546 e. The normalized spacial score (nSPS) is 22.4. The van der Waals surface area contributed by atoms with Gasteiger partial charge < -0.3 is 4.43 Å². The summed E-state index contributed by atoms with van der Waals surface area (Å²) in [6.45, 7) is 15.1. The van der Waals surface area contributed by atoms with E-state index in [-0.39, 0.29) is 10.8 Å². The van der Waals surface area contributed by atoms with Crippen LogP contribution in [0.2, 0.25) is 16.6 Å². The number of rotatable bonds is 5. The van der Waals surface area contributed by atoms with E-state index in [0.717, 1.165) is 12.8 Å². The molecule has 0 aromatic heterocycles. The fraction of sp³-hybridized carbons (Fsp3) is 0.178. The lowest BCUT2D eigenvalue weighted by Gasteiger charge is -2.57. The predicted molar refractivity (Wildman–Crippen MR) is 323 cm³/mol. The van der Waals surface area contributed by atoms with E-state index in [1.165, 1.54) is 5.76 Å². The maximum atomic E-state index is 8.31. The molecule has 2 heteroatoms. The van der Waals surface area contributed by atoms with Crippen LogP contribution in [0.15, 0.2) is 11.8 Å². The van der Waals surface area contributed by atoms with Gasteiger partial charge in [0.2, 0.25) is 0 Å². The van der Waals surface area contributed by atoms with Gasteiger partial charge in [0, 0.05) is 17.3 Å². The lowest BCUT2D eigenvalue weighted by Crippen LogP contribution is -2.55. The first kappa shape index (κ1) is 30.6. The molecule has 5 aliphatic rings. The van der Waals surface area contributed by atoms with Crippen molar-refractivity contribution in [3.8, 4) is 0 Å². The fourth-order valence-electron chi connectivity index (χ4n) is 27.5. The highest BCUT2D eigenvalue weighted by molar-refractivity contribution is 6.83. The number of allylic oxidation sites excluding steroid dienone is 2. The van der Waals surface area contributed by atoms with Gasteiger partial charge in [-0.25, -0.2) is 0 Å². The quantitative estimate of drug-likeness (QED) is 0.123. The lowest BCUT2D eigenvalue weighted by atomic mass is 9.45. The van der Waals surface area contributed by atoms with Crippen LogP contribution in [-0.2, 0) is 15.3 Å². The summed E-state index contributed by atoms with van der Waals surface area (Å²) in [6.07, 6.45) is 4.78. The monoisotopic (exact) mass is 946 g/mol. The van der Waals surface area contributed by atoms with Crippen LogP contribution in [0.3, 0.4) is 0 Å². The van der Waals surface area contributed by atoms with Gasteiger partial charge in [0.25, 0.3) is 8.32 Å². The van der Waals surface area contributed by atoms with Crippen LogP contribution >= 0.6 is 0 Å². The van der Waals surface area contributed by atoms with Gasteiger partial charge in [0.05, 0.1) is 5.76 Å². The second-order valence-corrected chi connectivity index (χ2v) is 34.4. The Morgan fingerprint density at radius 1 is 0.253 bits per heavy atom. The molecule has 0 radical (unpaired) electrons. The standard InChI is InChI=1S/C73H26OSi/c1-10(2)75(11(3)4,12(5)6)74-13-7-8-72-68-60-52-42-32-24-16-14-15-18-22-20(16)28-36-30(22)40-34-26(18)27-19(15)23-21-17(14)25(24)33-39-29(21)37-31(23)41-35(27)45-44(34)54-48(40)58-50(36)56(46(52)38(28)32)62(68)64(58)70-66(54)67-55(45)49(41)59-51(37)57-47(39)53(43(33)42)61(60)69(72)63(57)65(59)71(67)73(70,72)9-13/h7,10-12H,8-9H2,1-6H3. The molecule has 328 valence electrons. The molecule has 28 aromatic carbocycles. The van der Waals surface area contributed by atoms with E-state index in [1.54, 1.807) is 313 Å². The van der Waals surface area contributed by atoms with Crippen molar-refractivity contribution < 1.29 is 4.43 Å². The zero-order valence-corrected chi connectivity index (χ0v) is 42.1. The van der Waals surface area contributed by atoms with Crippen molar-refractivity contribution in [3.05, 3.63) is 34.1 Å². The first-order valence-corrected chi connectivity index (χ1v) is 31.1. The van der Waals surface area contributed by atoms with Crippen molar-refractivity contribution in [1.29, 1.82) is 0 Å². The van der Waals surface area contributed by atoms with Crippen LogP contribution in [0.1, 0.15) is 76.6 Å². The van der Waals surface area contributed by atoms with Crippen molar-refractivity contribution in [3.63, 3.8) is 0 Å². The first-order valence-electron chi connectivity index (χ1n) is 29.0. The molecule has 1 nitrogen and oxygen atoms in total. The van der Waals surface area contributed by atoms with E-state index in [0.29, 0.717) is 16.6 Å². The lowest BCUT2D eigenvalue weighted by molar-refractivity contribution is 0.241. The average Bonchev–Trinajstić information content (AvgIpc) is 1.95. The summed E-state index contributed by atoms with van der Waals surface area (Å²) >= 11 is 0. The van der Waals surface area contributed by atoms with E-state index in [2.05, 4.69) is 47.6 Å². The third-order valence-corrected chi connectivity index (χ3v) is 33.8. The Balaban J connectivity index is 1.07. The van der Waals surface area contributed by atoms with Crippen LogP contribution in [0, 0.1) is 0 Å². The van der Waals surface area contributed by atoms with E-state index in [9.17, 15) is 0 Å². The molecule has 2 spiro atoms. The van der Waals surface area contributed by atoms with Crippen molar-refractivity contribution in [1.82, 2.24) is 0 Å². The highest BCUT2D eigenvalue weighted by Gasteiger charge is 2.71. The summed E-state index contributed by atoms with van der Waals surface area (Å²) in [7, 11) is -2.33. The van der Waals surface area contributed by atoms with Crippen molar-refractivity contribution in [2.45, 2.75) is 81.8 Å². The average molecular weight is 947 g/mol. The van der Waals surface area contributed by atoms with E-state index < -0.39 is 8.32 Å². The second kappa shape index (κ2) is 7.03. The van der Waals surface area contributed by atoms with Gasteiger partial charge in [-0.15, -0.1) is 0 Å². The molecule has 5 aliphatic carbocycles. The molecule has 0 heterocycles. The molecule has 0 saturated carbocycles. The van der Waals surface area contributed by atoms with Crippen molar-refractivity contribution in [2.24, 2.45) is 0 Å². The van der Waals surface area contributed by atoms with Crippen LogP contribution in [0.5, 0.6) is 0 Å². The molecule has 28 aromatic rings. The summed E-state index contributed by atoms with van der Waals surface area (Å²) in [5, 5.41) is 90.7. The van der Waals surface area contributed by atoms with Gasteiger partial charge in [0.1, 0.15) is 0 Å². The van der Waals surface area contributed by atoms with E-state index in [4.69, 9.17) is 4.43 Å². The molecule has 0 amide bonds. The number of benzene rings is 18. The first-order chi connectivity index (χ1) is 36.9. The van der Waals surface area contributed by atoms with Crippen molar-refractivity contribution >= 4 is 299 Å². The molecule has 0 fully saturated rings. The van der Waals surface area contributed by atoms with E-state index in [1.807, 2.05) is 0 Å². The summed E-state index contributed by atoms with van der Waals surface area (Å²) in [5.41, 5.74) is 8.14. The zero-order valence-electron chi connectivity index (χ0n) is 41.1. The summed E-state index contributed by atoms with van der Waals surface area (Å²) in [5.74, 6) is 1.35. The van der Waals surface area contributed by atoms with Crippen LogP contribution in [0.25, 0.3) is 291 Å². The van der Waals surface area contributed by atoms with Gasteiger partial charge in [-0.3, -0.25) is 0 Å². The third-order valence-electron chi connectivity index (χ3n) is 27.8. The Kier molecular flexibility index (Phi) is 2.86. The zero-order chi connectivity index (χ0) is 46.1. The second-order valence-electron chi connectivity index (χ2n) is 29.0. The maximum Gasteiger partial charge on any atom is 0.258 e. The molecular weight excluding hydrogens is 921 g/mol. The Bertz CT molecular complexity index is 7180. The Morgan fingerprint density at radius 2 is 0.413 bits per heavy atom. The largest absolute Gasteiger partial charge is 0.546 e. The van der Waals surface area contributed by atoms with Crippen LogP contribution < -0.4 is 0 Å². The maximum absolute atomic E-state index is 8.31. The Labute approximate surface area is 417 Å². The molecule has 33 rings (SSSR count). The van der Waals surface area contributed by atoms with Gasteiger partial charge in [-0.1, -0.05) is 41.5 Å². The molecule has 0 unspecified atom stereocenters. The minimum atomic E-state index is -2.33. The SMILES string of the molecule is CC(C)[Si](OC1=CCC23c4c5c6c7c8c9c(c%10c%11c2c2c4c4c%12c5c5c6c6c8c8c%13c9c9c%10c%10c%11c%11c2c2c4c4c%12c%12c5c5c6c8c6c8c%13c9c9c%10c%10c%11c2c2c4c4c%12c5c6c5c8c9c%10c2c45)C73C1)(C(C)C)C(C)C. The number of hydrogen-bond acceptors (Lipinski definition) is 1. The van der Waals surface area contributed by atoms with Crippen LogP contribution in [0.4, 0.5) is 0 Å². The molecule has 0 bridgehead atoms. The Hall–Kier alpha value is -7.78. The third kappa shape index (κ3) is 1.71. The molecule has 0 atom stereocenters. The van der Waals surface area contributed by atoms with Gasteiger partial charge >= 0.3 is 0 Å². The highest BCUT2D eigenvalue weighted by Crippen LogP contribution is 2.86. The molecule has 0 aliphatic heterocycles. The Morgan fingerprint density at radius 3 is 0.587 bits per heavy atom. The van der Waals surface area contributed by atoms with Gasteiger partial charge in [0.15, 0.2) is 0 Å². The number of hydrogen-bond donors (Lipinski definition) is 0. The minimum absolute atomic E-state index is 0.233. The predicted octanol–water partition coefficient (Wildman–Crippen LogP) is 21.2. The molecule has 0 saturated heterocycles. The smallest absolute Gasteiger partial charge is 0.258 e. The molecule has 0 N–H and O–H groups in total. The summed E-state index contributed by atoms with van der Waals surface area (Å²) in [4.78, 5) is 0. The van der Waals surface area contributed by atoms with Crippen molar-refractivity contribution in [2.75, 3.05) is 0 Å². The fourth-order valence-corrected chi connectivity index (χ4v) is 32.8. The van der Waals surface area contributed by atoms with Gasteiger partial charge in [-0.05, 0) is 342 Å². The molecule has 75 heavy (non-hydrogen) atoms. The highest BCUT2D eigenvalue weighted by atomic mass is 28.4. The van der Waals surface area contributed by atoms with Crippen LogP contribution in [-0.4, -0.2) is 8.32 Å².